The lowest BCUT2D eigenvalue weighted by Gasteiger charge is -2.30. The van der Waals surface area contributed by atoms with Crippen LogP contribution in [0.4, 0.5) is 0 Å². The number of rotatable bonds is 8. The van der Waals surface area contributed by atoms with Crippen LogP contribution in [-0.4, -0.2) is 71.0 Å². The van der Waals surface area contributed by atoms with Crippen molar-refractivity contribution in [3.05, 3.63) is 76.3 Å². The Morgan fingerprint density at radius 3 is 2.68 bits per heavy atom. The van der Waals surface area contributed by atoms with E-state index < -0.39 is 0 Å². The molecule has 1 aromatic carbocycles. The van der Waals surface area contributed by atoms with Gasteiger partial charge in [-0.15, -0.1) is 0 Å². The summed E-state index contributed by atoms with van der Waals surface area (Å²) in [6.45, 7) is 9.78. The maximum atomic E-state index is 6.40. The van der Waals surface area contributed by atoms with Gasteiger partial charge in [-0.25, -0.2) is 0 Å². The van der Waals surface area contributed by atoms with Gasteiger partial charge in [-0.3, -0.25) is 9.88 Å². The quantitative estimate of drug-likeness (QED) is 0.411. The van der Waals surface area contributed by atoms with Crippen molar-refractivity contribution in [2.24, 2.45) is 0 Å². The molecule has 2 aliphatic heterocycles. The van der Waals surface area contributed by atoms with E-state index in [1.165, 1.54) is 5.56 Å². The Labute approximate surface area is 229 Å². The maximum Gasteiger partial charge on any atom is 0.170 e. The first-order valence-electron chi connectivity index (χ1n) is 12.8. The van der Waals surface area contributed by atoms with Gasteiger partial charge >= 0.3 is 0 Å². The van der Waals surface area contributed by atoms with Crippen LogP contribution in [0.15, 0.2) is 48.7 Å². The number of halogens is 1. The molecule has 3 aromatic rings. The fourth-order valence-corrected chi connectivity index (χ4v) is 6.07. The molecule has 4 heterocycles. The summed E-state index contributed by atoms with van der Waals surface area (Å²) < 4.78 is 13.4. The predicted octanol–water partition coefficient (Wildman–Crippen LogP) is 4.85. The Morgan fingerprint density at radius 2 is 1.95 bits per heavy atom. The number of aryl methyl sites for hydroxylation is 1. The molecular weight excluding hydrogens is 506 g/mol. The van der Waals surface area contributed by atoms with Gasteiger partial charge in [-0.1, -0.05) is 17.7 Å². The molecule has 0 radical (unpaired) electrons. The third-order valence-electron chi connectivity index (χ3n) is 7.35. The Kier molecular flexibility index (Phi) is 8.00. The van der Waals surface area contributed by atoms with Crippen LogP contribution >= 0.6 is 23.8 Å². The van der Waals surface area contributed by atoms with Gasteiger partial charge in [0, 0.05) is 48.8 Å². The highest BCUT2D eigenvalue weighted by molar-refractivity contribution is 7.80. The highest BCUT2D eigenvalue weighted by Gasteiger charge is 2.41. The second kappa shape index (κ2) is 11.4. The summed E-state index contributed by atoms with van der Waals surface area (Å²) in [4.78, 5) is 9.51. The second-order valence-electron chi connectivity index (χ2n) is 9.61. The molecule has 2 aromatic heterocycles. The first-order chi connectivity index (χ1) is 18.0. The van der Waals surface area contributed by atoms with E-state index in [4.69, 9.17) is 38.3 Å². The molecule has 9 heteroatoms. The van der Waals surface area contributed by atoms with Crippen LogP contribution in [0.5, 0.6) is 5.75 Å². The minimum Gasteiger partial charge on any atom is -0.495 e. The monoisotopic (exact) mass is 539 g/mol. The van der Waals surface area contributed by atoms with Gasteiger partial charge < -0.3 is 24.3 Å². The Balaban J connectivity index is 1.51. The minimum absolute atomic E-state index is 0.0113. The Hall–Kier alpha value is -2.65. The summed E-state index contributed by atoms with van der Waals surface area (Å²) in [7, 11) is 1.69. The number of aromatic nitrogens is 2. The van der Waals surface area contributed by atoms with Gasteiger partial charge in [-0.05, 0) is 74.4 Å². The number of ether oxygens (including phenoxy) is 2. The van der Waals surface area contributed by atoms with Gasteiger partial charge in [0.1, 0.15) is 5.75 Å². The number of methoxy groups -OCH3 is 1. The highest BCUT2D eigenvalue weighted by atomic mass is 35.5. The van der Waals surface area contributed by atoms with Gasteiger partial charge in [-0.2, -0.15) is 0 Å². The molecule has 1 N–H and O–H groups in total. The van der Waals surface area contributed by atoms with E-state index in [-0.39, 0.29) is 12.1 Å². The number of nitrogens with zero attached hydrogens (tertiary/aromatic N) is 4. The van der Waals surface area contributed by atoms with Crippen LogP contribution in [0.25, 0.3) is 5.69 Å². The van der Waals surface area contributed by atoms with Crippen molar-refractivity contribution >= 4 is 28.9 Å². The van der Waals surface area contributed by atoms with E-state index in [9.17, 15) is 0 Å². The van der Waals surface area contributed by atoms with Crippen molar-refractivity contribution < 1.29 is 9.47 Å². The lowest BCUT2D eigenvalue weighted by molar-refractivity contribution is 0.0365. The summed E-state index contributed by atoms with van der Waals surface area (Å²) in [5.41, 5.74) is 5.37. The van der Waals surface area contributed by atoms with Crippen molar-refractivity contribution in [3.63, 3.8) is 0 Å². The summed E-state index contributed by atoms with van der Waals surface area (Å²) in [5, 5.41) is 5.03. The fraction of sp³-hybridized carbons (Fsp3) is 0.429. The molecule has 2 atom stereocenters. The first-order valence-corrected chi connectivity index (χ1v) is 13.6. The topological polar surface area (TPSA) is 54.8 Å². The number of hydrogen-bond acceptors (Lipinski definition) is 5. The van der Waals surface area contributed by atoms with Crippen LogP contribution in [0.2, 0.25) is 5.02 Å². The van der Waals surface area contributed by atoms with Gasteiger partial charge in [0.2, 0.25) is 0 Å². The molecule has 0 saturated carbocycles. The second-order valence-corrected chi connectivity index (χ2v) is 10.4. The molecule has 0 spiro atoms. The van der Waals surface area contributed by atoms with E-state index in [2.05, 4.69) is 45.7 Å². The minimum atomic E-state index is -0.0488. The van der Waals surface area contributed by atoms with E-state index in [0.717, 1.165) is 79.4 Å². The zero-order valence-corrected chi connectivity index (χ0v) is 23.2. The molecule has 7 nitrogen and oxygen atoms in total. The Bertz CT molecular complexity index is 1240. The summed E-state index contributed by atoms with van der Waals surface area (Å²) >= 11 is 12.3. The number of pyridine rings is 1. The number of morpholine rings is 1. The molecule has 5 rings (SSSR count). The van der Waals surface area contributed by atoms with Gasteiger partial charge in [0.25, 0.3) is 0 Å². The van der Waals surface area contributed by atoms with E-state index in [1.54, 1.807) is 7.11 Å². The SMILES string of the molecule is COc1ccc(Cl)cc1-n1c(C)cc([C@H]2[C@H](c3ccccn3)NC(=S)N2CCCN2CCOCC2)c1C. The largest absolute Gasteiger partial charge is 0.495 e. The average Bonchev–Trinajstić information content (AvgIpc) is 3.39. The zero-order chi connectivity index (χ0) is 25.9. The van der Waals surface area contributed by atoms with Crippen LogP contribution in [0, 0.1) is 13.8 Å². The molecule has 2 saturated heterocycles. The van der Waals surface area contributed by atoms with Crippen LogP contribution in [0.1, 0.15) is 41.1 Å². The fourth-order valence-electron chi connectivity index (χ4n) is 5.57. The van der Waals surface area contributed by atoms with Gasteiger partial charge in [0.15, 0.2) is 5.11 Å². The van der Waals surface area contributed by atoms with Crippen molar-refractivity contribution in [1.82, 2.24) is 24.7 Å². The first kappa shape index (κ1) is 26.0. The van der Waals surface area contributed by atoms with E-state index in [0.29, 0.717) is 5.02 Å². The van der Waals surface area contributed by atoms with Crippen molar-refractivity contribution in [2.75, 3.05) is 46.5 Å². The predicted molar refractivity (Wildman–Crippen MR) is 151 cm³/mol. The lowest BCUT2D eigenvalue weighted by Crippen LogP contribution is -2.39. The molecule has 37 heavy (non-hydrogen) atoms. The standard InChI is InChI=1S/C28H34ClN5O2S/c1-19-17-22(20(2)34(19)24-18-21(29)8-9-25(24)35-3)27-26(23-7-4-5-10-30-23)31-28(37)33(27)12-6-11-32-13-15-36-16-14-32/h4-5,7-10,17-18,26-27H,6,11-16H2,1-3H3,(H,31,37)/t26-,27-/m0/s1. The molecule has 2 aliphatic rings. The molecule has 0 unspecified atom stereocenters. The van der Waals surface area contributed by atoms with Crippen molar-refractivity contribution in [1.29, 1.82) is 0 Å². The van der Waals surface area contributed by atoms with Crippen LogP contribution in [0.3, 0.4) is 0 Å². The zero-order valence-electron chi connectivity index (χ0n) is 21.6. The highest BCUT2D eigenvalue weighted by Crippen LogP contribution is 2.42. The van der Waals surface area contributed by atoms with E-state index in [1.807, 2.05) is 36.5 Å². The van der Waals surface area contributed by atoms with Crippen molar-refractivity contribution in [3.8, 4) is 11.4 Å². The molecular formula is C28H34ClN5O2S. The molecule has 0 amide bonds. The summed E-state index contributed by atoms with van der Waals surface area (Å²) in [5.74, 6) is 0.779. The molecule has 0 bridgehead atoms. The normalized spacial score (nSPS) is 20.3. The average molecular weight is 540 g/mol. The molecule has 0 aliphatic carbocycles. The van der Waals surface area contributed by atoms with Crippen LogP contribution in [-0.2, 0) is 4.74 Å². The number of thiocarbonyl (C=S) groups is 1. The molecule has 2 fully saturated rings. The van der Waals surface area contributed by atoms with Crippen LogP contribution < -0.4 is 10.1 Å². The summed E-state index contributed by atoms with van der Waals surface area (Å²) in [6.07, 6.45) is 2.87. The number of hydrogen-bond donors (Lipinski definition) is 1. The van der Waals surface area contributed by atoms with E-state index >= 15 is 0 Å². The number of benzene rings is 1. The summed E-state index contributed by atoms with van der Waals surface area (Å²) in [6, 6.07) is 14.0. The number of nitrogens with one attached hydrogen (secondary N) is 1. The maximum absolute atomic E-state index is 6.40. The van der Waals surface area contributed by atoms with Gasteiger partial charge in [0.05, 0.1) is 43.8 Å². The third-order valence-corrected chi connectivity index (χ3v) is 7.93. The van der Waals surface area contributed by atoms with Crippen molar-refractivity contribution in [2.45, 2.75) is 32.4 Å². The Morgan fingerprint density at radius 1 is 1.14 bits per heavy atom. The lowest BCUT2D eigenvalue weighted by atomic mass is 9.96. The third kappa shape index (κ3) is 5.34. The smallest absolute Gasteiger partial charge is 0.170 e. The molecule has 196 valence electrons.